The number of hydrogen-bond acceptors (Lipinski definition) is 11. The van der Waals surface area contributed by atoms with Crippen molar-refractivity contribution in [3.63, 3.8) is 0 Å². The van der Waals surface area contributed by atoms with Crippen LogP contribution in [0.25, 0.3) is 11.0 Å². The van der Waals surface area contributed by atoms with Gasteiger partial charge in [-0.25, -0.2) is 9.42 Å². The topological polar surface area (TPSA) is 188 Å². The Kier molecular flexibility index (Phi) is 9.82. The minimum absolute atomic E-state index is 0.000351. The molecule has 15 heteroatoms. The summed E-state index contributed by atoms with van der Waals surface area (Å²) >= 11 is 3.14. The summed E-state index contributed by atoms with van der Waals surface area (Å²) in [6, 6.07) is 4.69. The first-order chi connectivity index (χ1) is 20.1. The Bertz CT molecular complexity index is 1280. The molecule has 0 radical (unpaired) electrons. The number of fused-ring (bicyclic) bond motifs is 2. The molecule has 0 bridgehead atoms. The lowest BCUT2D eigenvalue weighted by Crippen LogP contribution is -2.64. The number of aliphatic hydroxyl groups is 2. The molecule has 0 aliphatic carbocycles. The normalized spacial score (nSPS) is 32.1. The Labute approximate surface area is 252 Å². The predicted octanol–water partition coefficient (Wildman–Crippen LogP) is 0.990. The number of nitrogens with zero attached hydrogens (tertiary/aromatic N) is 2. The van der Waals surface area contributed by atoms with Gasteiger partial charge in [0.05, 0.1) is 18.1 Å². The Hall–Kier alpha value is -2.59. The van der Waals surface area contributed by atoms with Gasteiger partial charge in [0, 0.05) is 35.3 Å². The molecule has 6 N–H and O–H groups in total. The number of nitrogens with one attached hydrogen (secondary N) is 4. The highest BCUT2D eigenvalue weighted by Crippen LogP contribution is 2.36. The Morgan fingerprint density at radius 2 is 1.98 bits per heavy atom. The van der Waals surface area contributed by atoms with Crippen LogP contribution in [0.2, 0.25) is 0 Å². The van der Waals surface area contributed by atoms with Crippen LogP contribution in [0.4, 0.5) is 4.79 Å². The number of hydrogen-bond donors (Lipinski definition) is 6. The van der Waals surface area contributed by atoms with Crippen LogP contribution in [-0.4, -0.2) is 97.8 Å². The van der Waals surface area contributed by atoms with Crippen molar-refractivity contribution in [3.05, 3.63) is 18.2 Å². The molecule has 3 aliphatic rings. The van der Waals surface area contributed by atoms with Crippen molar-refractivity contribution in [1.82, 2.24) is 31.6 Å². The summed E-state index contributed by atoms with van der Waals surface area (Å²) in [5.41, 5.74) is 0.386. The van der Waals surface area contributed by atoms with Crippen LogP contribution >= 0.6 is 23.5 Å². The summed E-state index contributed by atoms with van der Waals surface area (Å²) in [6.45, 7) is 5.34. The van der Waals surface area contributed by atoms with E-state index in [9.17, 15) is 24.6 Å². The Morgan fingerprint density at radius 3 is 2.76 bits per heavy atom. The minimum Gasteiger partial charge on any atom is -0.388 e. The molecular formula is C27H38N6O7S2. The monoisotopic (exact) mass is 622 g/mol. The number of rotatable bonds is 11. The maximum absolute atomic E-state index is 13.0. The first-order valence-corrected chi connectivity index (χ1v) is 16.2. The molecular weight excluding hydrogens is 584 g/mol. The van der Waals surface area contributed by atoms with Crippen molar-refractivity contribution >= 4 is 52.4 Å². The lowest BCUT2D eigenvalue weighted by molar-refractivity contribution is -0.163. The minimum atomic E-state index is -1.33. The van der Waals surface area contributed by atoms with E-state index >= 15 is 0 Å². The van der Waals surface area contributed by atoms with Gasteiger partial charge in [-0.2, -0.15) is 11.8 Å². The molecule has 3 saturated heterocycles. The summed E-state index contributed by atoms with van der Waals surface area (Å²) in [5, 5.41) is 41.3. The summed E-state index contributed by atoms with van der Waals surface area (Å²) in [6.07, 6.45) is -0.918. The SMILES string of the molecule is CC(=O)NC1C(O)[C@H](O)C(CNC(=O)C(C)CC(C)CC[C@@H]2SC[C@@H]3NC(=O)N[C@@H]32)O[C@H]1Sc1ccc2nonc2c1. The van der Waals surface area contributed by atoms with Crippen LogP contribution in [0, 0.1) is 11.8 Å². The molecule has 1 aromatic heterocycles. The van der Waals surface area contributed by atoms with E-state index in [4.69, 9.17) is 9.37 Å². The van der Waals surface area contributed by atoms with Gasteiger partial charge in [0.1, 0.15) is 34.8 Å². The quantitative estimate of drug-likeness (QED) is 0.196. The fraction of sp³-hybridized carbons (Fsp3) is 0.667. The van der Waals surface area contributed by atoms with Gasteiger partial charge >= 0.3 is 6.03 Å². The summed E-state index contributed by atoms with van der Waals surface area (Å²) in [5.74, 6) is 0.437. The summed E-state index contributed by atoms with van der Waals surface area (Å²) in [7, 11) is 0. The van der Waals surface area contributed by atoms with Crippen molar-refractivity contribution < 1.29 is 34.0 Å². The van der Waals surface area contributed by atoms with Gasteiger partial charge < -0.3 is 36.2 Å². The second-order valence-electron chi connectivity index (χ2n) is 11.5. The number of carbonyl (C=O) groups is 3. The van der Waals surface area contributed by atoms with Crippen LogP contribution in [-0.2, 0) is 14.3 Å². The highest BCUT2D eigenvalue weighted by molar-refractivity contribution is 8.00. The van der Waals surface area contributed by atoms with Gasteiger partial charge in [-0.15, -0.1) is 0 Å². The lowest BCUT2D eigenvalue weighted by atomic mass is 9.91. The van der Waals surface area contributed by atoms with Gasteiger partial charge in [-0.05, 0) is 53.7 Å². The van der Waals surface area contributed by atoms with E-state index in [0.29, 0.717) is 28.6 Å². The molecule has 0 spiro atoms. The second kappa shape index (κ2) is 13.4. The second-order valence-corrected chi connectivity index (χ2v) is 13.9. The van der Waals surface area contributed by atoms with Gasteiger partial charge in [0.2, 0.25) is 11.8 Å². The number of carbonyl (C=O) groups excluding carboxylic acids is 3. The molecule has 5 rings (SSSR count). The maximum Gasteiger partial charge on any atom is 0.315 e. The number of urea groups is 1. The number of amides is 4. The molecule has 3 fully saturated rings. The average Bonchev–Trinajstić information content (AvgIpc) is 3.66. The zero-order valence-corrected chi connectivity index (χ0v) is 25.3. The zero-order chi connectivity index (χ0) is 30.0. The van der Waals surface area contributed by atoms with Crippen molar-refractivity contribution in [2.45, 2.75) is 92.1 Å². The Balaban J connectivity index is 1.13. The Morgan fingerprint density at radius 1 is 1.19 bits per heavy atom. The number of aliphatic hydroxyl groups excluding tert-OH is 2. The number of thioether (sulfide) groups is 2. The zero-order valence-electron chi connectivity index (χ0n) is 23.7. The van der Waals surface area contributed by atoms with Crippen molar-refractivity contribution in [2.75, 3.05) is 12.3 Å². The molecule has 42 heavy (non-hydrogen) atoms. The van der Waals surface area contributed by atoms with Crippen molar-refractivity contribution in [3.8, 4) is 0 Å². The first kappa shape index (κ1) is 30.9. The van der Waals surface area contributed by atoms with Crippen LogP contribution in [0.1, 0.15) is 40.0 Å². The standard InChI is InChI=1S/C27H38N6O7S2/c1-12(4-7-20-21-18(11-41-20)30-27(38)31-21)8-13(2)25(37)28-10-19-23(35)24(36)22(29-14(3)34)26(39-19)42-15-5-6-16-17(9-15)33-40-32-16/h5-6,9,12-13,18-24,26,35-36H,4,7-8,10-11H2,1-3H3,(H,28,37)(H,29,34)(H2,30,31,38)/t12?,13?,18-,19?,20-,21-,22?,23+,24?,26-/m0/s1. The number of aromatic nitrogens is 2. The van der Waals surface area contributed by atoms with E-state index in [2.05, 4.69) is 38.5 Å². The van der Waals surface area contributed by atoms with Crippen LogP contribution in [0.15, 0.2) is 27.7 Å². The molecule has 1 aromatic carbocycles. The fourth-order valence-corrected chi connectivity index (χ4v) is 8.54. The molecule has 230 valence electrons. The van der Waals surface area contributed by atoms with E-state index < -0.39 is 29.8 Å². The van der Waals surface area contributed by atoms with Crippen LogP contribution in [0.3, 0.4) is 0 Å². The fourth-order valence-electron chi connectivity index (χ4n) is 5.85. The van der Waals surface area contributed by atoms with E-state index in [1.807, 2.05) is 18.7 Å². The van der Waals surface area contributed by atoms with Gasteiger partial charge in [0.25, 0.3) is 0 Å². The third-order valence-corrected chi connectivity index (χ3v) is 10.8. The van der Waals surface area contributed by atoms with Crippen LogP contribution in [0.5, 0.6) is 0 Å². The molecule has 4 amide bonds. The molecule has 2 aromatic rings. The third-order valence-electron chi connectivity index (χ3n) is 8.11. The molecule has 10 atom stereocenters. The van der Waals surface area contributed by atoms with Gasteiger partial charge in [0.15, 0.2) is 0 Å². The van der Waals surface area contributed by atoms with E-state index in [1.54, 1.807) is 18.2 Å². The molecule has 4 heterocycles. The largest absolute Gasteiger partial charge is 0.388 e. The summed E-state index contributed by atoms with van der Waals surface area (Å²) in [4.78, 5) is 37.2. The first-order valence-electron chi connectivity index (χ1n) is 14.2. The predicted molar refractivity (Wildman–Crippen MR) is 157 cm³/mol. The van der Waals surface area contributed by atoms with Gasteiger partial charge in [-0.1, -0.05) is 25.6 Å². The maximum atomic E-state index is 13.0. The highest BCUT2D eigenvalue weighted by Gasteiger charge is 2.46. The van der Waals surface area contributed by atoms with E-state index in [1.165, 1.54) is 18.7 Å². The van der Waals surface area contributed by atoms with Crippen LogP contribution < -0.4 is 21.3 Å². The van der Waals surface area contributed by atoms with E-state index in [0.717, 1.165) is 23.5 Å². The molecule has 13 nitrogen and oxygen atoms in total. The van der Waals surface area contributed by atoms with Crippen molar-refractivity contribution in [1.29, 1.82) is 0 Å². The molecule has 3 aliphatic heterocycles. The molecule has 0 saturated carbocycles. The lowest BCUT2D eigenvalue weighted by Gasteiger charge is -2.42. The number of benzene rings is 1. The summed E-state index contributed by atoms with van der Waals surface area (Å²) < 4.78 is 10.9. The number of ether oxygens (including phenoxy) is 1. The van der Waals surface area contributed by atoms with E-state index in [-0.39, 0.29) is 42.4 Å². The highest BCUT2D eigenvalue weighted by atomic mass is 32.2. The smallest absolute Gasteiger partial charge is 0.315 e. The van der Waals surface area contributed by atoms with Gasteiger partial charge in [-0.3, -0.25) is 9.59 Å². The third kappa shape index (κ3) is 7.13. The van der Waals surface area contributed by atoms with Crippen molar-refractivity contribution in [2.24, 2.45) is 11.8 Å². The molecule has 5 unspecified atom stereocenters. The average molecular weight is 623 g/mol.